The smallest absolute Gasteiger partial charge is 0.335 e. The van der Waals surface area contributed by atoms with Gasteiger partial charge in [-0.1, -0.05) is 0 Å². The zero-order valence-electron chi connectivity index (χ0n) is 13.8. The molecule has 0 atom stereocenters. The number of aromatic carboxylic acids is 1. The van der Waals surface area contributed by atoms with Gasteiger partial charge in [-0.25, -0.2) is 14.8 Å². The number of rotatable bonds is 4. The van der Waals surface area contributed by atoms with Crippen molar-refractivity contribution >= 4 is 22.8 Å². The lowest BCUT2D eigenvalue weighted by atomic mass is 10.1. The molecule has 0 unspecified atom stereocenters. The van der Waals surface area contributed by atoms with E-state index in [0.717, 1.165) is 11.3 Å². The molecule has 0 spiro atoms. The fraction of sp³-hybridized carbons (Fsp3) is 0.222. The maximum absolute atomic E-state index is 11.2. The number of fused-ring (bicyclic) bond motifs is 1. The van der Waals surface area contributed by atoms with Crippen molar-refractivity contribution in [3.05, 3.63) is 48.3 Å². The van der Waals surface area contributed by atoms with Crippen LogP contribution in [0.5, 0.6) is 0 Å². The quantitative estimate of drug-likeness (QED) is 0.794. The number of carboxylic acid groups (broad SMARTS) is 1. The Morgan fingerprint density at radius 3 is 2.42 bits per heavy atom. The number of pyridine rings is 1. The highest BCUT2D eigenvalue weighted by Crippen LogP contribution is 2.30. The summed E-state index contributed by atoms with van der Waals surface area (Å²) in [5.74, 6) is -0.262. The first-order chi connectivity index (χ1) is 11.5. The van der Waals surface area contributed by atoms with Crippen molar-refractivity contribution in [1.29, 1.82) is 0 Å². The summed E-state index contributed by atoms with van der Waals surface area (Å²) in [7, 11) is 1.95. The maximum atomic E-state index is 11.2. The average molecular weight is 322 g/mol. The van der Waals surface area contributed by atoms with Crippen molar-refractivity contribution in [3.63, 3.8) is 0 Å². The van der Waals surface area contributed by atoms with E-state index in [4.69, 9.17) is 9.97 Å². The third-order valence-electron chi connectivity index (χ3n) is 3.96. The molecule has 3 rings (SSSR count). The molecule has 1 aromatic carbocycles. The van der Waals surface area contributed by atoms with Crippen LogP contribution in [0.25, 0.3) is 22.3 Å². The molecule has 0 radical (unpaired) electrons. The van der Waals surface area contributed by atoms with Gasteiger partial charge in [0.15, 0.2) is 5.82 Å². The molecule has 2 aromatic heterocycles. The second kappa shape index (κ2) is 6.23. The van der Waals surface area contributed by atoms with Crippen molar-refractivity contribution in [2.45, 2.75) is 19.9 Å². The minimum atomic E-state index is -0.976. The number of carbonyl (C=O) groups is 1. The van der Waals surface area contributed by atoms with E-state index in [9.17, 15) is 9.90 Å². The molecular formula is C18H18N4O2. The number of hydrogen-bond donors (Lipinski definition) is 1. The summed E-state index contributed by atoms with van der Waals surface area (Å²) in [6.45, 7) is 4.13. The van der Waals surface area contributed by atoms with Crippen LogP contribution in [-0.2, 0) is 0 Å². The molecule has 0 saturated heterocycles. The van der Waals surface area contributed by atoms with Gasteiger partial charge >= 0.3 is 5.97 Å². The van der Waals surface area contributed by atoms with E-state index in [-0.39, 0.29) is 11.6 Å². The van der Waals surface area contributed by atoms with Gasteiger partial charge in [0.2, 0.25) is 0 Å². The summed E-state index contributed by atoms with van der Waals surface area (Å²) < 4.78 is 0. The van der Waals surface area contributed by atoms with E-state index in [1.165, 1.54) is 0 Å². The Labute approximate surface area is 139 Å². The number of anilines is 1. The normalized spacial score (nSPS) is 11.0. The van der Waals surface area contributed by atoms with Crippen LogP contribution in [0.4, 0.5) is 5.82 Å². The minimum absolute atomic E-state index is 0.201. The lowest BCUT2D eigenvalue weighted by molar-refractivity contribution is 0.0697. The molecule has 6 nitrogen and oxygen atoms in total. The van der Waals surface area contributed by atoms with Gasteiger partial charge in [0.25, 0.3) is 0 Å². The number of carboxylic acids is 1. The molecule has 24 heavy (non-hydrogen) atoms. The van der Waals surface area contributed by atoms with Gasteiger partial charge in [-0.15, -0.1) is 0 Å². The van der Waals surface area contributed by atoms with E-state index in [1.54, 1.807) is 30.6 Å². The van der Waals surface area contributed by atoms with Crippen molar-refractivity contribution in [2.24, 2.45) is 0 Å². The fourth-order valence-electron chi connectivity index (χ4n) is 2.37. The molecule has 0 fully saturated rings. The Bertz CT molecular complexity index is 894. The van der Waals surface area contributed by atoms with E-state index in [1.807, 2.05) is 24.1 Å². The molecular weight excluding hydrogens is 304 g/mol. The van der Waals surface area contributed by atoms with Crippen molar-refractivity contribution < 1.29 is 9.90 Å². The topological polar surface area (TPSA) is 79.2 Å². The summed E-state index contributed by atoms with van der Waals surface area (Å²) >= 11 is 0. The highest BCUT2D eigenvalue weighted by atomic mass is 16.4. The maximum Gasteiger partial charge on any atom is 0.335 e. The number of benzene rings is 1. The second-order valence-electron chi connectivity index (χ2n) is 5.85. The largest absolute Gasteiger partial charge is 0.478 e. The second-order valence-corrected chi connectivity index (χ2v) is 5.85. The summed E-state index contributed by atoms with van der Waals surface area (Å²) in [5, 5.41) is 9.18. The van der Waals surface area contributed by atoms with Crippen LogP contribution in [0.2, 0.25) is 0 Å². The van der Waals surface area contributed by atoms with Crippen LogP contribution < -0.4 is 4.90 Å². The van der Waals surface area contributed by atoms with Crippen LogP contribution >= 0.6 is 0 Å². The SMILES string of the molecule is CC(C)N(C)c1nc2cc(C(=O)O)ccc2nc1-c1ccncc1. The summed E-state index contributed by atoms with van der Waals surface area (Å²) in [6, 6.07) is 8.79. The van der Waals surface area contributed by atoms with Gasteiger partial charge in [0, 0.05) is 31.0 Å². The molecule has 1 N–H and O–H groups in total. The number of nitrogens with zero attached hydrogens (tertiary/aromatic N) is 4. The van der Waals surface area contributed by atoms with E-state index < -0.39 is 5.97 Å². The molecule has 0 saturated carbocycles. The monoisotopic (exact) mass is 322 g/mol. The zero-order chi connectivity index (χ0) is 17.3. The van der Waals surface area contributed by atoms with Gasteiger partial charge in [0.1, 0.15) is 5.69 Å². The number of hydrogen-bond acceptors (Lipinski definition) is 5. The Hall–Kier alpha value is -3.02. The van der Waals surface area contributed by atoms with Crippen LogP contribution in [0.3, 0.4) is 0 Å². The highest BCUT2D eigenvalue weighted by molar-refractivity contribution is 5.93. The van der Waals surface area contributed by atoms with Gasteiger partial charge in [-0.2, -0.15) is 0 Å². The van der Waals surface area contributed by atoms with Crippen molar-refractivity contribution in [3.8, 4) is 11.3 Å². The van der Waals surface area contributed by atoms with Crippen molar-refractivity contribution in [2.75, 3.05) is 11.9 Å². The van der Waals surface area contributed by atoms with Crippen molar-refractivity contribution in [1.82, 2.24) is 15.0 Å². The van der Waals surface area contributed by atoms with Crippen LogP contribution in [-0.4, -0.2) is 39.1 Å². The molecule has 0 aliphatic carbocycles. The molecule has 3 aromatic rings. The standard InChI is InChI=1S/C18H18N4O2/c1-11(2)22(3)17-16(12-6-8-19-9-7-12)20-14-5-4-13(18(23)24)10-15(14)21-17/h4-11H,1-3H3,(H,23,24). The molecule has 6 heteroatoms. The molecule has 0 aliphatic rings. The lowest BCUT2D eigenvalue weighted by Gasteiger charge is -2.25. The molecule has 0 aliphatic heterocycles. The third kappa shape index (κ3) is 2.90. The van der Waals surface area contributed by atoms with Gasteiger partial charge < -0.3 is 10.0 Å². The summed E-state index contributed by atoms with van der Waals surface area (Å²) in [5.41, 5.74) is 3.10. The van der Waals surface area contributed by atoms with Gasteiger partial charge in [0.05, 0.1) is 16.6 Å². The van der Waals surface area contributed by atoms with Gasteiger partial charge in [-0.3, -0.25) is 4.98 Å². The Morgan fingerprint density at radius 2 is 1.79 bits per heavy atom. The molecule has 0 amide bonds. The van der Waals surface area contributed by atoms with E-state index >= 15 is 0 Å². The first-order valence-electron chi connectivity index (χ1n) is 7.65. The number of aromatic nitrogens is 3. The first kappa shape index (κ1) is 15.9. The first-order valence-corrected chi connectivity index (χ1v) is 7.65. The average Bonchev–Trinajstić information content (AvgIpc) is 2.60. The third-order valence-corrected chi connectivity index (χ3v) is 3.96. The van der Waals surface area contributed by atoms with E-state index in [0.29, 0.717) is 16.9 Å². The highest BCUT2D eigenvalue weighted by Gasteiger charge is 2.17. The fourth-order valence-corrected chi connectivity index (χ4v) is 2.37. The summed E-state index contributed by atoms with van der Waals surface area (Å²) in [4.78, 5) is 26.7. The minimum Gasteiger partial charge on any atom is -0.478 e. The molecule has 122 valence electrons. The summed E-state index contributed by atoms with van der Waals surface area (Å²) in [6.07, 6.45) is 3.43. The lowest BCUT2D eigenvalue weighted by Crippen LogP contribution is -2.27. The molecule has 2 heterocycles. The predicted molar refractivity (Wildman–Crippen MR) is 93.3 cm³/mol. The predicted octanol–water partition coefficient (Wildman–Crippen LogP) is 3.23. The Kier molecular flexibility index (Phi) is 4.12. The zero-order valence-corrected chi connectivity index (χ0v) is 13.8. The molecule has 0 bridgehead atoms. The Morgan fingerprint density at radius 1 is 1.08 bits per heavy atom. The Balaban J connectivity index is 2.27. The van der Waals surface area contributed by atoms with Crippen LogP contribution in [0, 0.1) is 0 Å². The van der Waals surface area contributed by atoms with Crippen LogP contribution in [0.15, 0.2) is 42.7 Å². The van der Waals surface area contributed by atoms with Gasteiger partial charge in [-0.05, 0) is 44.2 Å². The van der Waals surface area contributed by atoms with E-state index in [2.05, 4.69) is 18.8 Å². The van der Waals surface area contributed by atoms with Crippen LogP contribution in [0.1, 0.15) is 24.2 Å².